The highest BCUT2D eigenvalue weighted by atomic mass is 19.3. The average Bonchev–Trinajstić information content (AvgIpc) is 2.83. The van der Waals surface area contributed by atoms with Gasteiger partial charge >= 0.3 is 6.11 Å². The Hall–Kier alpha value is -1.97. The van der Waals surface area contributed by atoms with Crippen molar-refractivity contribution in [2.75, 3.05) is 0 Å². The van der Waals surface area contributed by atoms with Crippen LogP contribution in [0.4, 0.5) is 13.2 Å². The zero-order valence-electron chi connectivity index (χ0n) is 20.8. The molecule has 2 aromatic carbocycles. The fourth-order valence-electron chi connectivity index (χ4n) is 5.79. The second kappa shape index (κ2) is 11.2. The Labute approximate surface area is 203 Å². The lowest BCUT2D eigenvalue weighted by molar-refractivity contribution is -0.188. The first-order chi connectivity index (χ1) is 16.4. The van der Waals surface area contributed by atoms with Crippen molar-refractivity contribution in [3.8, 4) is 16.9 Å². The fourth-order valence-corrected chi connectivity index (χ4v) is 5.79. The van der Waals surface area contributed by atoms with E-state index < -0.39 is 11.9 Å². The van der Waals surface area contributed by atoms with E-state index in [0.717, 1.165) is 24.3 Å². The van der Waals surface area contributed by atoms with Crippen molar-refractivity contribution in [3.05, 3.63) is 52.8 Å². The molecular formula is C30H39F3O. The van der Waals surface area contributed by atoms with Crippen molar-refractivity contribution >= 4 is 0 Å². The standard InChI is InChI=1S/C30H39F3O/c1-3-4-5-6-7-8-9-10-11-22-13-15-23(16-14-22)24-17-19-25-26-18-12-21(2)28(31)29(26)34-30(32,33)27(25)20-24/h12,17-20,22-23H,3-11,13-16H2,1-2H3. The number of fused-ring (bicyclic) bond motifs is 3. The Morgan fingerprint density at radius 2 is 1.50 bits per heavy atom. The molecule has 1 fully saturated rings. The molecule has 4 heteroatoms. The maximum absolute atomic E-state index is 14.9. The van der Waals surface area contributed by atoms with E-state index >= 15 is 0 Å². The first-order valence-corrected chi connectivity index (χ1v) is 13.4. The van der Waals surface area contributed by atoms with Gasteiger partial charge in [-0.2, -0.15) is 8.78 Å². The van der Waals surface area contributed by atoms with E-state index in [4.69, 9.17) is 4.74 Å². The Kier molecular flexibility index (Phi) is 8.26. The molecule has 0 bridgehead atoms. The van der Waals surface area contributed by atoms with Crippen molar-refractivity contribution in [1.82, 2.24) is 0 Å². The lowest BCUT2D eigenvalue weighted by Crippen LogP contribution is -2.27. The van der Waals surface area contributed by atoms with Gasteiger partial charge in [0.15, 0.2) is 11.6 Å². The molecule has 0 atom stereocenters. The third-order valence-electron chi connectivity index (χ3n) is 7.95. The molecule has 2 aromatic rings. The first-order valence-electron chi connectivity index (χ1n) is 13.4. The molecule has 4 rings (SSSR count). The molecule has 186 valence electrons. The van der Waals surface area contributed by atoms with Crippen LogP contribution in [0.3, 0.4) is 0 Å². The monoisotopic (exact) mass is 472 g/mol. The molecule has 1 aliphatic carbocycles. The Morgan fingerprint density at radius 3 is 2.21 bits per heavy atom. The van der Waals surface area contributed by atoms with Gasteiger partial charge in [0.05, 0.1) is 5.56 Å². The van der Waals surface area contributed by atoms with Gasteiger partial charge in [-0.1, -0.05) is 89.0 Å². The Bertz CT molecular complexity index is 960. The number of hydrogen-bond acceptors (Lipinski definition) is 1. The molecule has 1 nitrogen and oxygen atoms in total. The summed E-state index contributed by atoms with van der Waals surface area (Å²) in [6, 6.07) is 8.61. The van der Waals surface area contributed by atoms with E-state index in [2.05, 4.69) is 6.92 Å². The van der Waals surface area contributed by atoms with Crippen LogP contribution in [-0.4, -0.2) is 0 Å². The molecule has 0 radical (unpaired) electrons. The largest absolute Gasteiger partial charge is 0.427 e. The van der Waals surface area contributed by atoms with E-state index in [9.17, 15) is 13.2 Å². The van der Waals surface area contributed by atoms with Crippen molar-refractivity contribution in [3.63, 3.8) is 0 Å². The van der Waals surface area contributed by atoms with Crippen molar-refractivity contribution in [1.29, 1.82) is 0 Å². The Morgan fingerprint density at radius 1 is 0.853 bits per heavy atom. The zero-order valence-corrected chi connectivity index (χ0v) is 20.8. The van der Waals surface area contributed by atoms with Crippen LogP contribution < -0.4 is 4.74 Å². The van der Waals surface area contributed by atoms with Crippen LogP contribution in [0.15, 0.2) is 30.3 Å². The molecule has 2 aliphatic rings. The van der Waals surface area contributed by atoms with Gasteiger partial charge in [-0.3, -0.25) is 0 Å². The van der Waals surface area contributed by atoms with Crippen molar-refractivity contribution in [2.24, 2.45) is 5.92 Å². The van der Waals surface area contributed by atoms with E-state index in [-0.39, 0.29) is 11.3 Å². The number of benzene rings is 2. The minimum absolute atomic E-state index is 0.137. The van der Waals surface area contributed by atoms with Gasteiger partial charge in [0.25, 0.3) is 0 Å². The molecule has 1 saturated carbocycles. The SMILES string of the molecule is CCCCCCCCCCC1CCC(c2ccc3c(c2)C(F)(F)Oc2c-3ccc(C)c2F)CC1. The van der Waals surface area contributed by atoms with Crippen molar-refractivity contribution in [2.45, 2.75) is 109 Å². The molecule has 0 amide bonds. The molecular weight excluding hydrogens is 433 g/mol. The maximum atomic E-state index is 14.9. The van der Waals surface area contributed by atoms with Gasteiger partial charge in [-0.05, 0) is 67.2 Å². The maximum Gasteiger partial charge on any atom is 0.427 e. The summed E-state index contributed by atoms with van der Waals surface area (Å²) in [5, 5.41) is 0. The zero-order chi connectivity index (χ0) is 24.1. The molecule has 0 unspecified atom stereocenters. The summed E-state index contributed by atoms with van der Waals surface area (Å²) >= 11 is 0. The number of aryl methyl sites for hydroxylation is 1. The average molecular weight is 473 g/mol. The summed E-state index contributed by atoms with van der Waals surface area (Å²) in [5.41, 5.74) is 1.91. The van der Waals surface area contributed by atoms with Gasteiger partial charge < -0.3 is 4.74 Å². The van der Waals surface area contributed by atoms with Crippen molar-refractivity contribution < 1.29 is 17.9 Å². The van der Waals surface area contributed by atoms with Crippen LogP contribution in [0, 0.1) is 18.7 Å². The van der Waals surface area contributed by atoms with E-state index in [0.29, 0.717) is 22.6 Å². The smallest absolute Gasteiger partial charge is 0.425 e. The van der Waals surface area contributed by atoms with Crippen LogP contribution in [-0.2, 0) is 6.11 Å². The summed E-state index contributed by atoms with van der Waals surface area (Å²) in [5.74, 6) is 0.0392. The van der Waals surface area contributed by atoms with Crippen LogP contribution in [0.2, 0.25) is 0 Å². The first kappa shape index (κ1) is 25.1. The quantitative estimate of drug-likeness (QED) is 0.313. The number of unbranched alkanes of at least 4 members (excludes halogenated alkanes) is 7. The molecule has 1 aliphatic heterocycles. The number of hydrogen-bond donors (Lipinski definition) is 0. The second-order valence-electron chi connectivity index (χ2n) is 10.5. The van der Waals surface area contributed by atoms with Crippen LogP contribution >= 0.6 is 0 Å². The van der Waals surface area contributed by atoms with E-state index in [1.807, 2.05) is 6.07 Å². The highest BCUT2D eigenvalue weighted by Crippen LogP contribution is 2.50. The lowest BCUT2D eigenvalue weighted by atomic mass is 9.76. The van der Waals surface area contributed by atoms with Crippen LogP contribution in [0.25, 0.3) is 11.1 Å². The molecule has 0 saturated heterocycles. The normalized spacial score (nSPS) is 21.0. The predicted molar refractivity (Wildman–Crippen MR) is 133 cm³/mol. The third kappa shape index (κ3) is 5.63. The highest BCUT2D eigenvalue weighted by molar-refractivity contribution is 5.77. The summed E-state index contributed by atoms with van der Waals surface area (Å²) in [7, 11) is 0. The minimum atomic E-state index is -3.53. The molecule has 0 N–H and O–H groups in total. The number of alkyl halides is 2. The minimum Gasteiger partial charge on any atom is -0.425 e. The predicted octanol–water partition coefficient (Wildman–Crippen LogP) is 10.0. The summed E-state index contributed by atoms with van der Waals surface area (Å²) < 4.78 is 49.2. The molecule has 1 heterocycles. The van der Waals surface area contributed by atoms with Crippen LogP contribution in [0.1, 0.15) is 113 Å². The lowest BCUT2D eigenvalue weighted by Gasteiger charge is -2.32. The second-order valence-corrected chi connectivity index (χ2v) is 10.5. The fraction of sp³-hybridized carbons (Fsp3) is 0.600. The van der Waals surface area contributed by atoms with Gasteiger partial charge in [-0.15, -0.1) is 0 Å². The van der Waals surface area contributed by atoms with Gasteiger partial charge in [0.1, 0.15) is 0 Å². The van der Waals surface area contributed by atoms with E-state index in [1.54, 1.807) is 31.2 Å². The van der Waals surface area contributed by atoms with Crippen LogP contribution in [0.5, 0.6) is 5.75 Å². The summed E-state index contributed by atoms with van der Waals surface area (Å²) in [6.07, 6.45) is 13.1. The third-order valence-corrected chi connectivity index (χ3v) is 7.95. The topological polar surface area (TPSA) is 9.23 Å². The highest BCUT2D eigenvalue weighted by Gasteiger charge is 2.43. The molecule has 0 aromatic heterocycles. The van der Waals surface area contributed by atoms with E-state index in [1.165, 1.54) is 70.6 Å². The number of rotatable bonds is 10. The summed E-state index contributed by atoms with van der Waals surface area (Å²) in [4.78, 5) is 0. The summed E-state index contributed by atoms with van der Waals surface area (Å²) in [6.45, 7) is 3.81. The van der Waals surface area contributed by atoms with Gasteiger partial charge in [-0.25, -0.2) is 4.39 Å². The van der Waals surface area contributed by atoms with Gasteiger partial charge in [0, 0.05) is 5.56 Å². The Balaban J connectivity index is 1.32. The number of ether oxygens (including phenoxy) is 1. The molecule has 34 heavy (non-hydrogen) atoms. The van der Waals surface area contributed by atoms with Gasteiger partial charge in [0.2, 0.25) is 0 Å². The number of halogens is 3. The molecule has 0 spiro atoms.